The molecule has 0 aromatic heterocycles. The van der Waals surface area contributed by atoms with Crippen LogP contribution in [0.25, 0.3) is 0 Å². The molecule has 0 saturated carbocycles. The highest BCUT2D eigenvalue weighted by molar-refractivity contribution is 7.80. The van der Waals surface area contributed by atoms with E-state index < -0.39 is 0 Å². The smallest absolute Gasteiger partial charge is 0.00954 e. The molecule has 0 bridgehead atoms. The van der Waals surface area contributed by atoms with E-state index >= 15 is 0 Å². The number of nitrogens with zero attached hydrogens (tertiary/aromatic N) is 1. The van der Waals surface area contributed by atoms with Gasteiger partial charge in [0.2, 0.25) is 0 Å². The minimum Gasteiger partial charge on any atom is -0.300 e. The molecule has 0 aromatic rings. The molecule has 1 aliphatic rings. The van der Waals surface area contributed by atoms with Crippen LogP contribution in [0.1, 0.15) is 78.6 Å². The Labute approximate surface area is 126 Å². The van der Waals surface area contributed by atoms with Crippen molar-refractivity contribution in [2.75, 3.05) is 18.8 Å². The number of likely N-dealkylation sites (tertiary alicyclic amines) is 1. The fraction of sp³-hybridized carbons (Fsp3) is 1.00. The molecule has 0 aliphatic carbocycles. The van der Waals surface area contributed by atoms with E-state index in [-0.39, 0.29) is 0 Å². The van der Waals surface area contributed by atoms with Gasteiger partial charge >= 0.3 is 0 Å². The van der Waals surface area contributed by atoms with E-state index in [9.17, 15) is 0 Å². The quantitative estimate of drug-likeness (QED) is 0.573. The summed E-state index contributed by atoms with van der Waals surface area (Å²) in [5.74, 6) is 1.06. The molecule has 1 rings (SSSR count). The first-order chi connectivity index (χ1) is 9.21. The number of rotatable bonds is 9. The SMILES string of the molecule is CCCC1CCCCN1CC(CS)(CCC)CCC. The van der Waals surface area contributed by atoms with Crippen LogP contribution in [0.15, 0.2) is 0 Å². The largest absolute Gasteiger partial charge is 0.300 e. The normalized spacial score (nSPS) is 21.8. The molecule has 0 radical (unpaired) electrons. The fourth-order valence-electron chi connectivity index (χ4n) is 3.91. The van der Waals surface area contributed by atoms with Crippen LogP contribution in [0, 0.1) is 5.41 Å². The highest BCUT2D eigenvalue weighted by atomic mass is 32.1. The molecule has 1 heterocycles. The molecule has 1 aliphatic heterocycles. The van der Waals surface area contributed by atoms with Gasteiger partial charge in [-0.05, 0) is 49.8 Å². The van der Waals surface area contributed by atoms with E-state index in [4.69, 9.17) is 12.6 Å². The Bertz CT molecular complexity index is 221. The van der Waals surface area contributed by atoms with Crippen LogP contribution in [0.5, 0.6) is 0 Å². The van der Waals surface area contributed by atoms with E-state index in [0.717, 1.165) is 11.8 Å². The van der Waals surface area contributed by atoms with E-state index in [2.05, 4.69) is 25.7 Å². The van der Waals surface area contributed by atoms with Crippen molar-refractivity contribution in [3.05, 3.63) is 0 Å². The minimum absolute atomic E-state index is 0.468. The van der Waals surface area contributed by atoms with Crippen molar-refractivity contribution in [3.63, 3.8) is 0 Å². The summed E-state index contributed by atoms with van der Waals surface area (Å²) in [5.41, 5.74) is 0.468. The molecule has 0 spiro atoms. The van der Waals surface area contributed by atoms with Gasteiger partial charge in [0.15, 0.2) is 0 Å². The number of hydrogen-bond acceptors (Lipinski definition) is 2. The average Bonchev–Trinajstić information content (AvgIpc) is 2.42. The van der Waals surface area contributed by atoms with Crippen molar-refractivity contribution in [2.24, 2.45) is 5.41 Å². The third kappa shape index (κ3) is 5.30. The topological polar surface area (TPSA) is 3.24 Å². The molecule has 1 nitrogen and oxygen atoms in total. The zero-order chi connectivity index (χ0) is 14.1. The zero-order valence-electron chi connectivity index (χ0n) is 13.5. The van der Waals surface area contributed by atoms with Gasteiger partial charge in [-0.1, -0.05) is 46.5 Å². The van der Waals surface area contributed by atoms with Gasteiger partial charge in [0.05, 0.1) is 0 Å². The molecule has 0 aromatic carbocycles. The van der Waals surface area contributed by atoms with Crippen LogP contribution in [-0.2, 0) is 0 Å². The van der Waals surface area contributed by atoms with Crippen LogP contribution >= 0.6 is 12.6 Å². The van der Waals surface area contributed by atoms with Gasteiger partial charge in [-0.2, -0.15) is 12.6 Å². The molecule has 1 unspecified atom stereocenters. The van der Waals surface area contributed by atoms with Crippen molar-refractivity contribution in [3.8, 4) is 0 Å². The standard InChI is InChI=1S/C17H35NS/c1-4-9-16-10-7-8-13-18(16)14-17(15-19,11-5-2)12-6-3/h16,19H,4-15H2,1-3H3. The van der Waals surface area contributed by atoms with Crippen molar-refractivity contribution < 1.29 is 0 Å². The summed E-state index contributed by atoms with van der Waals surface area (Å²) in [6.45, 7) is 9.61. The molecule has 0 amide bonds. The molecular formula is C17H35NS. The van der Waals surface area contributed by atoms with E-state index in [1.165, 1.54) is 70.9 Å². The minimum atomic E-state index is 0.468. The Kier molecular flexibility index (Phi) is 8.48. The molecule has 1 atom stereocenters. The first-order valence-corrected chi connectivity index (χ1v) is 9.19. The second kappa shape index (κ2) is 9.28. The fourth-order valence-corrected chi connectivity index (χ4v) is 4.33. The average molecular weight is 286 g/mol. The molecule has 114 valence electrons. The predicted octanol–water partition coefficient (Wildman–Crippen LogP) is 5.16. The first kappa shape index (κ1) is 17.4. The van der Waals surface area contributed by atoms with Gasteiger partial charge in [0.25, 0.3) is 0 Å². The highest BCUT2D eigenvalue weighted by Gasteiger charge is 2.32. The Morgan fingerprint density at radius 2 is 1.74 bits per heavy atom. The van der Waals surface area contributed by atoms with E-state index in [1.54, 1.807) is 0 Å². The summed E-state index contributed by atoms with van der Waals surface area (Å²) in [5, 5.41) is 0. The van der Waals surface area contributed by atoms with Crippen LogP contribution in [0.2, 0.25) is 0 Å². The van der Waals surface area contributed by atoms with Crippen LogP contribution in [0.3, 0.4) is 0 Å². The van der Waals surface area contributed by atoms with Crippen molar-refractivity contribution in [1.29, 1.82) is 0 Å². The summed E-state index contributed by atoms with van der Waals surface area (Å²) in [4.78, 5) is 2.81. The van der Waals surface area contributed by atoms with Crippen molar-refractivity contribution in [1.82, 2.24) is 4.90 Å². The second-order valence-corrected chi connectivity index (χ2v) is 6.88. The second-order valence-electron chi connectivity index (χ2n) is 6.57. The van der Waals surface area contributed by atoms with Crippen molar-refractivity contribution >= 4 is 12.6 Å². The maximum Gasteiger partial charge on any atom is 0.00954 e. The Morgan fingerprint density at radius 3 is 2.26 bits per heavy atom. The number of piperidine rings is 1. The van der Waals surface area contributed by atoms with E-state index in [0.29, 0.717) is 5.41 Å². The van der Waals surface area contributed by atoms with Crippen LogP contribution in [0.4, 0.5) is 0 Å². The summed E-state index contributed by atoms with van der Waals surface area (Å²) < 4.78 is 0. The highest BCUT2D eigenvalue weighted by Crippen LogP contribution is 2.35. The maximum atomic E-state index is 4.72. The van der Waals surface area contributed by atoms with Gasteiger partial charge in [0.1, 0.15) is 0 Å². The van der Waals surface area contributed by atoms with Gasteiger partial charge in [0, 0.05) is 12.6 Å². The summed E-state index contributed by atoms with van der Waals surface area (Å²) >= 11 is 4.72. The van der Waals surface area contributed by atoms with Gasteiger partial charge in [-0.15, -0.1) is 0 Å². The third-order valence-electron chi connectivity index (χ3n) is 4.81. The van der Waals surface area contributed by atoms with Gasteiger partial charge < -0.3 is 0 Å². The Balaban J connectivity index is 2.68. The Morgan fingerprint density at radius 1 is 1.05 bits per heavy atom. The third-order valence-corrected chi connectivity index (χ3v) is 5.48. The lowest BCUT2D eigenvalue weighted by Crippen LogP contribution is -2.47. The molecule has 1 saturated heterocycles. The first-order valence-electron chi connectivity index (χ1n) is 8.56. The Hall–Kier alpha value is 0.310. The zero-order valence-corrected chi connectivity index (χ0v) is 14.4. The number of thiol groups is 1. The molecule has 2 heteroatoms. The molecule has 19 heavy (non-hydrogen) atoms. The monoisotopic (exact) mass is 285 g/mol. The summed E-state index contributed by atoms with van der Waals surface area (Å²) in [7, 11) is 0. The lowest BCUT2D eigenvalue weighted by atomic mass is 9.79. The van der Waals surface area contributed by atoms with E-state index in [1.807, 2.05) is 0 Å². The summed E-state index contributed by atoms with van der Waals surface area (Å²) in [6, 6.07) is 0.853. The van der Waals surface area contributed by atoms with Gasteiger partial charge in [-0.3, -0.25) is 4.90 Å². The molecule has 0 N–H and O–H groups in total. The van der Waals surface area contributed by atoms with Gasteiger partial charge in [-0.25, -0.2) is 0 Å². The molecular weight excluding hydrogens is 250 g/mol. The molecule has 1 fully saturated rings. The lowest BCUT2D eigenvalue weighted by molar-refractivity contribution is 0.0752. The van der Waals surface area contributed by atoms with Crippen molar-refractivity contribution in [2.45, 2.75) is 84.6 Å². The lowest BCUT2D eigenvalue weighted by Gasteiger charge is -2.43. The van der Waals surface area contributed by atoms with Crippen LogP contribution < -0.4 is 0 Å². The summed E-state index contributed by atoms with van der Waals surface area (Å²) in [6.07, 6.45) is 12.3. The number of hydrogen-bond donors (Lipinski definition) is 1. The van der Waals surface area contributed by atoms with Crippen LogP contribution in [-0.4, -0.2) is 29.8 Å². The maximum absolute atomic E-state index is 4.72. The predicted molar refractivity (Wildman–Crippen MR) is 90.2 cm³/mol.